The first-order valence-electron chi connectivity index (χ1n) is 11.2. The van der Waals surface area contributed by atoms with Gasteiger partial charge in [-0.2, -0.15) is 0 Å². The van der Waals surface area contributed by atoms with Crippen LogP contribution in [0.25, 0.3) is 16.5 Å². The summed E-state index contributed by atoms with van der Waals surface area (Å²) in [5.74, 6) is -0.366. The molecule has 1 aliphatic heterocycles. The maximum Gasteiger partial charge on any atom is 0.347 e. The first kappa shape index (κ1) is 23.8. The number of carbonyl (C=O) groups excluding carboxylic acids is 2. The number of ether oxygens (including phenoxy) is 3. The monoisotopic (exact) mass is 439 g/mol. The molecule has 1 saturated heterocycles. The second-order valence-corrected chi connectivity index (χ2v) is 8.36. The van der Waals surface area contributed by atoms with Gasteiger partial charge in [0.05, 0.1) is 17.8 Å². The van der Waals surface area contributed by atoms with Crippen LogP contribution in [-0.2, 0) is 26.1 Å². The minimum Gasteiger partial charge on any atom is -0.494 e. The maximum atomic E-state index is 12.5. The quantitative estimate of drug-likeness (QED) is 0.231. The van der Waals surface area contributed by atoms with Crippen molar-refractivity contribution in [3.8, 4) is 5.75 Å². The number of benzene rings is 1. The van der Waals surface area contributed by atoms with Gasteiger partial charge >= 0.3 is 11.9 Å². The van der Waals surface area contributed by atoms with Crippen LogP contribution < -0.4 is 4.74 Å². The number of hydrogen-bond donors (Lipinski definition) is 0. The number of hydrogen-bond acceptors (Lipinski definition) is 5. The third kappa shape index (κ3) is 4.65. The van der Waals surface area contributed by atoms with Crippen molar-refractivity contribution >= 4 is 28.4 Å². The molecule has 1 fully saturated rings. The molecule has 2 heterocycles. The second kappa shape index (κ2) is 10.2. The molecule has 1 aromatic carbocycles. The summed E-state index contributed by atoms with van der Waals surface area (Å²) in [4.78, 5) is 24.8. The molecule has 32 heavy (non-hydrogen) atoms. The van der Waals surface area contributed by atoms with Crippen molar-refractivity contribution < 1.29 is 23.8 Å². The molecule has 0 unspecified atom stereocenters. The smallest absolute Gasteiger partial charge is 0.347 e. The van der Waals surface area contributed by atoms with E-state index in [2.05, 4.69) is 4.57 Å². The molecular formula is C26H33NO5. The number of aromatic nitrogens is 1. The van der Waals surface area contributed by atoms with Gasteiger partial charge in [0.2, 0.25) is 0 Å². The van der Waals surface area contributed by atoms with Crippen LogP contribution in [0.2, 0.25) is 0 Å². The van der Waals surface area contributed by atoms with Gasteiger partial charge in [-0.1, -0.05) is 5.57 Å². The van der Waals surface area contributed by atoms with Gasteiger partial charge < -0.3 is 18.8 Å². The minimum atomic E-state index is -0.584. The zero-order chi connectivity index (χ0) is 23.4. The van der Waals surface area contributed by atoms with E-state index in [-0.39, 0.29) is 0 Å². The Morgan fingerprint density at radius 3 is 2.38 bits per heavy atom. The molecule has 1 aliphatic rings. The lowest BCUT2D eigenvalue weighted by Gasteiger charge is -2.09. The topological polar surface area (TPSA) is 66.8 Å². The van der Waals surface area contributed by atoms with Gasteiger partial charge in [0.25, 0.3) is 0 Å². The summed E-state index contributed by atoms with van der Waals surface area (Å²) in [6.45, 7) is 11.7. The SMILES string of the molecule is CCOCCCCCOc1ccc2c(c1)c(/C(C)=C1/C(=O)OC(=O)C1=C(C)C)c(C)n2C. The summed E-state index contributed by atoms with van der Waals surface area (Å²) in [5, 5.41) is 0.990. The average Bonchev–Trinajstić information content (AvgIpc) is 3.19. The van der Waals surface area contributed by atoms with E-state index in [9.17, 15) is 9.59 Å². The Hall–Kier alpha value is -2.86. The Labute approximate surface area is 189 Å². The molecule has 172 valence electrons. The van der Waals surface area contributed by atoms with Crippen molar-refractivity contribution in [2.24, 2.45) is 7.05 Å². The average molecular weight is 440 g/mol. The Balaban J connectivity index is 1.93. The minimum absolute atomic E-state index is 0.353. The Kier molecular flexibility index (Phi) is 7.56. The number of nitrogens with zero attached hydrogens (tertiary/aromatic N) is 1. The van der Waals surface area contributed by atoms with Gasteiger partial charge in [-0.05, 0) is 77.7 Å². The Bertz CT molecular complexity index is 1100. The molecule has 0 amide bonds. The summed E-state index contributed by atoms with van der Waals surface area (Å²) in [7, 11) is 2.00. The molecule has 0 bridgehead atoms. The van der Waals surface area contributed by atoms with Gasteiger partial charge in [0, 0.05) is 42.4 Å². The standard InChI is InChI=1S/C26H33NO5/c1-7-30-13-9-8-10-14-31-19-11-12-21-20(15-19)23(18(5)27(21)6)17(4)24-22(16(2)3)25(28)32-26(24)29/h11-12,15H,7-10,13-14H2,1-6H3/b24-17+. The zero-order valence-electron chi connectivity index (χ0n) is 20.0. The van der Waals surface area contributed by atoms with Crippen molar-refractivity contribution in [3.63, 3.8) is 0 Å². The molecule has 0 spiro atoms. The molecule has 0 aliphatic carbocycles. The first-order chi connectivity index (χ1) is 15.3. The predicted molar refractivity (Wildman–Crippen MR) is 126 cm³/mol. The number of fused-ring (bicyclic) bond motifs is 1. The molecule has 2 aromatic rings. The van der Waals surface area contributed by atoms with Crippen molar-refractivity contribution in [1.29, 1.82) is 0 Å². The molecular weight excluding hydrogens is 406 g/mol. The molecule has 1 aromatic heterocycles. The van der Waals surface area contributed by atoms with E-state index < -0.39 is 11.9 Å². The van der Waals surface area contributed by atoms with E-state index in [1.165, 1.54) is 0 Å². The Morgan fingerprint density at radius 2 is 1.69 bits per heavy atom. The highest BCUT2D eigenvalue weighted by atomic mass is 16.6. The van der Waals surface area contributed by atoms with Crippen molar-refractivity contribution in [2.45, 2.75) is 53.9 Å². The lowest BCUT2D eigenvalue weighted by Crippen LogP contribution is -2.01. The summed E-state index contributed by atoms with van der Waals surface area (Å²) in [5.41, 5.74) is 5.21. The third-order valence-corrected chi connectivity index (χ3v) is 5.96. The van der Waals surface area contributed by atoms with Crippen LogP contribution in [0.4, 0.5) is 0 Å². The fraction of sp³-hybridized carbons (Fsp3) is 0.462. The fourth-order valence-corrected chi connectivity index (χ4v) is 4.24. The highest BCUT2D eigenvalue weighted by Gasteiger charge is 2.36. The van der Waals surface area contributed by atoms with E-state index in [1.807, 2.05) is 59.9 Å². The molecule has 6 heteroatoms. The van der Waals surface area contributed by atoms with E-state index >= 15 is 0 Å². The van der Waals surface area contributed by atoms with Crippen molar-refractivity contribution in [3.05, 3.63) is 46.2 Å². The number of carbonyl (C=O) groups is 2. The third-order valence-electron chi connectivity index (χ3n) is 5.96. The summed E-state index contributed by atoms with van der Waals surface area (Å²) in [6, 6.07) is 6.03. The summed E-state index contributed by atoms with van der Waals surface area (Å²) >= 11 is 0. The molecule has 0 N–H and O–H groups in total. The number of rotatable bonds is 9. The second-order valence-electron chi connectivity index (χ2n) is 8.36. The van der Waals surface area contributed by atoms with E-state index in [1.54, 1.807) is 0 Å². The van der Waals surface area contributed by atoms with Crippen LogP contribution >= 0.6 is 0 Å². The summed E-state index contributed by atoms with van der Waals surface area (Å²) in [6.07, 6.45) is 3.06. The van der Waals surface area contributed by atoms with Crippen LogP contribution in [0.3, 0.4) is 0 Å². The maximum absolute atomic E-state index is 12.5. The highest BCUT2D eigenvalue weighted by Crippen LogP contribution is 2.38. The molecule has 0 radical (unpaired) electrons. The predicted octanol–water partition coefficient (Wildman–Crippen LogP) is 5.27. The van der Waals surface area contributed by atoms with E-state index in [0.29, 0.717) is 17.8 Å². The van der Waals surface area contributed by atoms with Gasteiger partial charge in [-0.25, -0.2) is 9.59 Å². The molecule has 0 atom stereocenters. The lowest BCUT2D eigenvalue weighted by molar-refractivity contribution is -0.149. The number of allylic oxidation sites excluding steroid dienone is 2. The van der Waals surface area contributed by atoms with Crippen LogP contribution in [0, 0.1) is 6.92 Å². The molecule has 3 rings (SSSR count). The van der Waals surface area contributed by atoms with Crippen LogP contribution in [0.1, 0.15) is 58.2 Å². The van der Waals surface area contributed by atoms with Crippen molar-refractivity contribution in [1.82, 2.24) is 4.57 Å². The van der Waals surface area contributed by atoms with Gasteiger partial charge in [0.1, 0.15) is 5.75 Å². The summed E-state index contributed by atoms with van der Waals surface area (Å²) < 4.78 is 18.4. The number of unbranched alkanes of at least 4 members (excludes halogenated alkanes) is 2. The van der Waals surface area contributed by atoms with Gasteiger partial charge in [-0.3, -0.25) is 0 Å². The van der Waals surface area contributed by atoms with Crippen LogP contribution in [0.5, 0.6) is 5.75 Å². The number of esters is 2. The zero-order valence-corrected chi connectivity index (χ0v) is 20.0. The molecule has 0 saturated carbocycles. The highest BCUT2D eigenvalue weighted by molar-refractivity contribution is 6.22. The number of cyclic esters (lactones) is 2. The lowest BCUT2D eigenvalue weighted by atomic mass is 9.93. The molecule has 6 nitrogen and oxygen atoms in total. The Morgan fingerprint density at radius 1 is 1.00 bits per heavy atom. The van der Waals surface area contributed by atoms with Crippen molar-refractivity contribution in [2.75, 3.05) is 19.8 Å². The fourth-order valence-electron chi connectivity index (χ4n) is 4.24. The number of aryl methyl sites for hydroxylation is 1. The van der Waals surface area contributed by atoms with E-state index in [4.69, 9.17) is 14.2 Å². The van der Waals surface area contributed by atoms with Gasteiger partial charge in [0.15, 0.2) is 0 Å². The van der Waals surface area contributed by atoms with E-state index in [0.717, 1.165) is 71.5 Å². The van der Waals surface area contributed by atoms with Crippen LogP contribution in [0.15, 0.2) is 34.9 Å². The normalized spacial score (nSPS) is 15.5. The first-order valence-corrected chi connectivity index (χ1v) is 11.2. The van der Waals surface area contributed by atoms with Crippen LogP contribution in [-0.4, -0.2) is 36.3 Å². The van der Waals surface area contributed by atoms with Gasteiger partial charge in [-0.15, -0.1) is 0 Å². The largest absolute Gasteiger partial charge is 0.494 e.